The summed E-state index contributed by atoms with van der Waals surface area (Å²) in [6, 6.07) is 11.4. The lowest BCUT2D eigenvalue weighted by molar-refractivity contribution is -0.122. The number of nitrogens with one attached hydrogen (secondary N) is 2. The number of carbonyl (C=O) groups is 2. The first-order valence-electron chi connectivity index (χ1n) is 9.42. The van der Waals surface area contributed by atoms with E-state index in [1.807, 2.05) is 50.2 Å². The van der Waals surface area contributed by atoms with Crippen molar-refractivity contribution >= 4 is 85.8 Å². The van der Waals surface area contributed by atoms with Crippen LogP contribution in [0.1, 0.15) is 24.5 Å². The van der Waals surface area contributed by atoms with Crippen LogP contribution in [0.15, 0.2) is 46.6 Å². The first-order valence-corrected chi connectivity index (χ1v) is 12.5. The molecule has 0 radical (unpaired) electrons. The van der Waals surface area contributed by atoms with Gasteiger partial charge in [-0.15, -0.1) is 5.10 Å². The third-order valence-corrected chi connectivity index (χ3v) is 6.82. The first kappa shape index (κ1) is 24.0. The molecule has 31 heavy (non-hydrogen) atoms. The van der Waals surface area contributed by atoms with E-state index in [0.29, 0.717) is 17.5 Å². The smallest absolute Gasteiger partial charge is 0.240 e. The molecule has 1 heterocycles. The summed E-state index contributed by atoms with van der Waals surface area (Å²) < 4.78 is 7.61. The predicted molar refractivity (Wildman–Crippen MR) is 142 cm³/mol. The molecule has 0 bridgehead atoms. The summed E-state index contributed by atoms with van der Waals surface area (Å²) in [6.07, 6.45) is 1.68. The Balaban J connectivity index is 1.58. The van der Waals surface area contributed by atoms with Gasteiger partial charge in [-0.3, -0.25) is 9.59 Å². The molecule has 2 aromatic rings. The quantitative estimate of drug-likeness (QED) is 0.259. The van der Waals surface area contributed by atoms with Gasteiger partial charge in [-0.1, -0.05) is 29.5 Å². The molecule has 1 aliphatic rings. The van der Waals surface area contributed by atoms with Crippen LogP contribution in [0, 0.1) is 14.1 Å². The molecule has 0 aliphatic carbocycles. The molecule has 162 valence electrons. The van der Waals surface area contributed by atoms with Gasteiger partial charge in [-0.2, -0.15) is 5.10 Å². The number of rotatable bonds is 7. The number of anilines is 1. The van der Waals surface area contributed by atoms with Crippen molar-refractivity contribution in [3.63, 3.8) is 0 Å². The van der Waals surface area contributed by atoms with E-state index in [9.17, 15) is 9.59 Å². The summed E-state index contributed by atoms with van der Waals surface area (Å²) >= 11 is 5.65. The maximum atomic E-state index is 12.3. The summed E-state index contributed by atoms with van der Waals surface area (Å²) in [6.45, 7) is 4.53. The van der Waals surface area contributed by atoms with Crippen molar-refractivity contribution in [2.24, 2.45) is 10.2 Å². The van der Waals surface area contributed by atoms with Crippen LogP contribution >= 0.6 is 56.9 Å². The van der Waals surface area contributed by atoms with Gasteiger partial charge in [-0.05, 0) is 88.9 Å². The standard InChI is InChI=1S/C21H20I2N4O3S/c1-3-30-19-15(22)8-13(9-16(19)23)11-24-27-21-26-20(29)17(31-21)10-18(28)25-14-6-4-12(2)5-7-14/h4-9,11,17H,3,10H2,1-2H3,(H,25,28)(H,26,27,29)/b24-11-/t17-/m0/s1. The molecule has 2 N–H and O–H groups in total. The number of carbonyl (C=O) groups excluding carboxylic acids is 2. The number of thioether (sulfide) groups is 1. The van der Waals surface area contributed by atoms with Crippen molar-refractivity contribution < 1.29 is 14.3 Å². The Morgan fingerprint density at radius 3 is 2.58 bits per heavy atom. The maximum absolute atomic E-state index is 12.3. The minimum Gasteiger partial charge on any atom is -0.492 e. The van der Waals surface area contributed by atoms with Gasteiger partial charge in [0.05, 0.1) is 20.0 Å². The van der Waals surface area contributed by atoms with Crippen molar-refractivity contribution in [2.45, 2.75) is 25.5 Å². The summed E-state index contributed by atoms with van der Waals surface area (Å²) in [5, 5.41) is 13.5. The number of hydrogen-bond donors (Lipinski definition) is 2. The highest BCUT2D eigenvalue weighted by molar-refractivity contribution is 14.1. The van der Waals surface area contributed by atoms with E-state index in [4.69, 9.17) is 4.74 Å². The number of halogens is 2. The maximum Gasteiger partial charge on any atom is 0.240 e. The number of aryl methyl sites for hydroxylation is 1. The fourth-order valence-corrected chi connectivity index (χ4v) is 5.74. The van der Waals surface area contributed by atoms with Crippen molar-refractivity contribution in [1.82, 2.24) is 5.32 Å². The van der Waals surface area contributed by atoms with Crippen molar-refractivity contribution in [2.75, 3.05) is 11.9 Å². The minimum atomic E-state index is -0.535. The number of benzene rings is 2. The Morgan fingerprint density at radius 2 is 1.94 bits per heavy atom. The molecule has 1 saturated heterocycles. The van der Waals surface area contributed by atoms with Crippen molar-refractivity contribution in [3.8, 4) is 5.75 Å². The van der Waals surface area contributed by atoms with Gasteiger partial charge in [0.1, 0.15) is 11.0 Å². The molecule has 1 fully saturated rings. The molecule has 1 atom stereocenters. The van der Waals surface area contributed by atoms with Crippen LogP contribution in [-0.4, -0.2) is 35.1 Å². The van der Waals surface area contributed by atoms with Crippen LogP contribution in [0.25, 0.3) is 0 Å². The van der Waals surface area contributed by atoms with Crippen LogP contribution in [0.3, 0.4) is 0 Å². The van der Waals surface area contributed by atoms with Gasteiger partial charge in [0.2, 0.25) is 11.8 Å². The molecule has 0 aromatic heterocycles. The highest BCUT2D eigenvalue weighted by Crippen LogP contribution is 2.28. The van der Waals surface area contributed by atoms with Crippen LogP contribution in [0.2, 0.25) is 0 Å². The lowest BCUT2D eigenvalue weighted by Gasteiger charge is -2.08. The Kier molecular flexibility index (Phi) is 8.72. The SMILES string of the molecule is CCOc1c(I)cc(/C=N\N=C2\NC(=O)[C@H](CC(=O)Nc3ccc(C)cc3)S2)cc1I. The summed E-state index contributed by atoms with van der Waals surface area (Å²) in [5.74, 6) is 0.389. The largest absolute Gasteiger partial charge is 0.492 e. The summed E-state index contributed by atoms with van der Waals surface area (Å²) in [7, 11) is 0. The molecule has 3 rings (SSSR count). The topological polar surface area (TPSA) is 92.2 Å². The summed E-state index contributed by atoms with van der Waals surface area (Å²) in [4.78, 5) is 24.4. The molecule has 2 aromatic carbocycles. The zero-order valence-corrected chi connectivity index (χ0v) is 21.9. The molecular weight excluding hydrogens is 642 g/mol. The highest BCUT2D eigenvalue weighted by atomic mass is 127. The number of amides is 2. The van der Waals surface area contributed by atoms with E-state index >= 15 is 0 Å². The van der Waals surface area contributed by atoms with E-state index in [0.717, 1.165) is 24.0 Å². The molecule has 0 unspecified atom stereocenters. The van der Waals surface area contributed by atoms with Crippen LogP contribution in [0.4, 0.5) is 5.69 Å². The number of nitrogens with zero attached hydrogens (tertiary/aromatic N) is 2. The zero-order valence-electron chi connectivity index (χ0n) is 16.8. The van der Waals surface area contributed by atoms with Crippen LogP contribution < -0.4 is 15.4 Å². The third-order valence-electron chi connectivity index (χ3n) is 4.15. The normalized spacial score (nSPS) is 17.2. The lowest BCUT2D eigenvalue weighted by Crippen LogP contribution is -2.28. The minimum absolute atomic E-state index is 0.0579. The molecule has 1 aliphatic heterocycles. The molecule has 2 amide bonds. The van der Waals surface area contributed by atoms with Gasteiger partial charge in [0, 0.05) is 12.1 Å². The fourth-order valence-electron chi connectivity index (χ4n) is 2.69. The van der Waals surface area contributed by atoms with Gasteiger partial charge in [0.15, 0.2) is 5.17 Å². The Bertz CT molecular complexity index is 1020. The Labute approximate surface area is 212 Å². The predicted octanol–water partition coefficient (Wildman–Crippen LogP) is 4.55. The van der Waals surface area contributed by atoms with E-state index in [-0.39, 0.29) is 18.2 Å². The second kappa shape index (κ2) is 11.3. The number of amidine groups is 1. The van der Waals surface area contributed by atoms with Gasteiger partial charge in [-0.25, -0.2) is 0 Å². The highest BCUT2D eigenvalue weighted by Gasteiger charge is 2.32. The summed E-state index contributed by atoms with van der Waals surface area (Å²) in [5.41, 5.74) is 2.70. The monoisotopic (exact) mass is 662 g/mol. The van der Waals surface area contributed by atoms with E-state index in [2.05, 4.69) is 66.0 Å². The van der Waals surface area contributed by atoms with E-state index < -0.39 is 5.25 Å². The number of ether oxygens (including phenoxy) is 1. The van der Waals surface area contributed by atoms with Crippen LogP contribution in [-0.2, 0) is 9.59 Å². The van der Waals surface area contributed by atoms with Gasteiger partial charge in [0.25, 0.3) is 0 Å². The Hall–Kier alpha value is -1.67. The fraction of sp³-hybridized carbons (Fsp3) is 0.238. The second-order valence-electron chi connectivity index (χ2n) is 6.61. The van der Waals surface area contributed by atoms with E-state index in [1.54, 1.807) is 6.21 Å². The average molecular weight is 662 g/mol. The second-order valence-corrected chi connectivity index (χ2v) is 10.1. The average Bonchev–Trinajstić information content (AvgIpc) is 3.05. The van der Waals surface area contributed by atoms with Gasteiger partial charge >= 0.3 is 0 Å². The van der Waals surface area contributed by atoms with Crippen LogP contribution in [0.5, 0.6) is 5.75 Å². The first-order chi connectivity index (χ1) is 14.9. The molecule has 7 nitrogen and oxygen atoms in total. The number of hydrogen-bond acceptors (Lipinski definition) is 6. The third kappa shape index (κ3) is 6.91. The molecule has 0 saturated carbocycles. The zero-order chi connectivity index (χ0) is 22.4. The van der Waals surface area contributed by atoms with Crippen molar-refractivity contribution in [1.29, 1.82) is 0 Å². The van der Waals surface area contributed by atoms with Gasteiger partial charge < -0.3 is 15.4 Å². The molecule has 10 heteroatoms. The Morgan fingerprint density at radius 1 is 1.26 bits per heavy atom. The van der Waals surface area contributed by atoms with Crippen molar-refractivity contribution in [3.05, 3.63) is 54.7 Å². The molecule has 0 spiro atoms. The van der Waals surface area contributed by atoms with E-state index in [1.165, 1.54) is 11.8 Å². The lowest BCUT2D eigenvalue weighted by atomic mass is 10.2. The molecular formula is C21H20I2N4O3S.